The Morgan fingerprint density at radius 2 is 1.86 bits per heavy atom. The average Bonchev–Trinajstić information content (AvgIpc) is 2.94. The van der Waals surface area contributed by atoms with Crippen molar-refractivity contribution in [2.24, 2.45) is 10.4 Å². The number of aliphatic imine (C=N–C) groups is 1. The second-order valence-electron chi connectivity index (χ2n) is 7.25. The van der Waals surface area contributed by atoms with Gasteiger partial charge in [0.15, 0.2) is 5.96 Å². The number of hydrogen-bond acceptors (Lipinski definition) is 3. The van der Waals surface area contributed by atoms with Crippen molar-refractivity contribution in [3.8, 4) is 0 Å². The quantitative estimate of drug-likeness (QED) is 0.602. The van der Waals surface area contributed by atoms with E-state index in [2.05, 4.69) is 29.1 Å². The van der Waals surface area contributed by atoms with Crippen LogP contribution in [0.1, 0.15) is 33.1 Å². The van der Waals surface area contributed by atoms with Gasteiger partial charge < -0.3 is 19.9 Å². The van der Waals surface area contributed by atoms with Gasteiger partial charge in [-0.3, -0.25) is 9.79 Å². The van der Waals surface area contributed by atoms with E-state index in [0.717, 1.165) is 51.6 Å². The highest BCUT2D eigenvalue weighted by Gasteiger charge is 2.46. The largest absolute Gasteiger partial charge is 0.368 e. The summed E-state index contributed by atoms with van der Waals surface area (Å²) >= 11 is 0. The summed E-state index contributed by atoms with van der Waals surface area (Å²) in [4.78, 5) is 21.0. The third kappa shape index (κ3) is 3.21. The fourth-order valence-corrected chi connectivity index (χ4v) is 3.28. The van der Waals surface area contributed by atoms with Gasteiger partial charge in [-0.05, 0) is 24.7 Å². The van der Waals surface area contributed by atoms with Crippen LogP contribution < -0.4 is 5.32 Å². The van der Waals surface area contributed by atoms with Gasteiger partial charge in [0.05, 0.1) is 0 Å². The second-order valence-corrected chi connectivity index (χ2v) is 7.25. The zero-order valence-electron chi connectivity index (χ0n) is 14.0. The first kappa shape index (κ1) is 15.6. The third-order valence-corrected chi connectivity index (χ3v) is 5.12. The minimum Gasteiger partial charge on any atom is -0.368 e. The molecule has 0 aromatic carbocycles. The zero-order chi connectivity index (χ0) is 15.7. The lowest BCUT2D eigenvalue weighted by Gasteiger charge is -2.37. The molecule has 2 unspecified atom stereocenters. The normalized spacial score (nSPS) is 31.3. The third-order valence-electron chi connectivity index (χ3n) is 5.12. The molecule has 0 bridgehead atoms. The van der Waals surface area contributed by atoms with E-state index < -0.39 is 0 Å². The Bertz CT molecular complexity index is 449. The van der Waals surface area contributed by atoms with E-state index in [1.165, 1.54) is 6.42 Å². The van der Waals surface area contributed by atoms with E-state index in [1.807, 2.05) is 11.9 Å². The lowest BCUT2D eigenvalue weighted by molar-refractivity contribution is -0.142. The average molecular weight is 308 g/mol. The van der Waals surface area contributed by atoms with Gasteiger partial charge in [0, 0.05) is 45.9 Å². The molecule has 0 radical (unpaired) electrons. The van der Waals surface area contributed by atoms with Crippen LogP contribution in [0.2, 0.25) is 0 Å². The van der Waals surface area contributed by atoms with Crippen LogP contribution in [0, 0.1) is 5.41 Å². The molecule has 1 saturated carbocycles. The Morgan fingerprint density at radius 1 is 1.23 bits per heavy atom. The molecule has 2 aliphatic heterocycles. The fraction of sp³-hybridized carbons (Fsp3) is 0.875. The number of nitrogens with zero attached hydrogens (tertiary/aromatic N) is 3. The maximum Gasteiger partial charge on any atom is 0.251 e. The highest BCUT2D eigenvalue weighted by atomic mass is 16.5. The van der Waals surface area contributed by atoms with E-state index in [0.29, 0.717) is 11.5 Å². The number of carbonyl (C=O) groups excluding carboxylic acids is 1. The molecule has 0 aromatic rings. The van der Waals surface area contributed by atoms with Gasteiger partial charge in [-0.25, -0.2) is 0 Å². The molecule has 6 heteroatoms. The molecule has 3 rings (SSSR count). The summed E-state index contributed by atoms with van der Waals surface area (Å²) in [5.41, 5.74) is 0.382. The van der Waals surface area contributed by atoms with E-state index >= 15 is 0 Å². The van der Waals surface area contributed by atoms with Crippen LogP contribution in [0.25, 0.3) is 0 Å². The predicted octanol–water partition coefficient (Wildman–Crippen LogP) is 0.684. The van der Waals surface area contributed by atoms with Crippen LogP contribution in [0.4, 0.5) is 0 Å². The Kier molecular flexibility index (Phi) is 4.30. The smallest absolute Gasteiger partial charge is 0.251 e. The minimum atomic E-state index is -0.198. The van der Waals surface area contributed by atoms with Crippen molar-refractivity contribution in [2.45, 2.75) is 45.3 Å². The summed E-state index contributed by atoms with van der Waals surface area (Å²) in [5.74, 6) is 1.14. The molecule has 0 spiro atoms. The Balaban J connectivity index is 1.49. The molecule has 3 aliphatic rings. The van der Waals surface area contributed by atoms with Crippen molar-refractivity contribution in [3.63, 3.8) is 0 Å². The topological polar surface area (TPSA) is 57.2 Å². The molecule has 2 atom stereocenters. The minimum absolute atomic E-state index is 0.170. The molecule has 2 saturated heterocycles. The van der Waals surface area contributed by atoms with Crippen LogP contribution in [-0.4, -0.2) is 73.6 Å². The molecule has 22 heavy (non-hydrogen) atoms. The maximum atomic E-state index is 12.4. The molecular formula is C16H28N4O2. The van der Waals surface area contributed by atoms with Crippen molar-refractivity contribution in [3.05, 3.63) is 0 Å². The number of amides is 1. The number of nitrogens with one attached hydrogen (secondary N) is 1. The fourth-order valence-electron chi connectivity index (χ4n) is 3.28. The molecule has 0 aromatic heterocycles. The van der Waals surface area contributed by atoms with E-state index in [4.69, 9.17) is 4.74 Å². The SMILES string of the molecule is CN=C(NC1CC1(C)C)N1CCN(C(=O)C2CCCO2)CC1. The molecule has 3 fully saturated rings. The first-order valence-electron chi connectivity index (χ1n) is 8.40. The van der Waals surface area contributed by atoms with Gasteiger partial charge in [-0.15, -0.1) is 0 Å². The molecule has 1 amide bonds. The number of piperazine rings is 1. The van der Waals surface area contributed by atoms with Crippen LogP contribution in [0.3, 0.4) is 0 Å². The molecule has 1 N–H and O–H groups in total. The van der Waals surface area contributed by atoms with Crippen LogP contribution >= 0.6 is 0 Å². The first-order chi connectivity index (χ1) is 10.5. The highest BCUT2D eigenvalue weighted by molar-refractivity contribution is 5.83. The monoisotopic (exact) mass is 308 g/mol. The Morgan fingerprint density at radius 3 is 2.36 bits per heavy atom. The van der Waals surface area contributed by atoms with Gasteiger partial charge in [0.25, 0.3) is 5.91 Å². The van der Waals surface area contributed by atoms with Gasteiger partial charge in [0.1, 0.15) is 6.10 Å². The standard InChI is InChI=1S/C16H28N4O2/c1-16(2)11-13(16)18-15(17-3)20-8-6-19(7-9-20)14(21)12-5-4-10-22-12/h12-13H,4-11H2,1-3H3,(H,17,18). The van der Waals surface area contributed by atoms with Gasteiger partial charge in [-0.1, -0.05) is 13.8 Å². The number of carbonyl (C=O) groups is 1. The summed E-state index contributed by atoms with van der Waals surface area (Å²) in [7, 11) is 1.83. The molecular weight excluding hydrogens is 280 g/mol. The zero-order valence-corrected chi connectivity index (χ0v) is 14.0. The lowest BCUT2D eigenvalue weighted by Crippen LogP contribution is -2.55. The van der Waals surface area contributed by atoms with Crippen LogP contribution in [-0.2, 0) is 9.53 Å². The number of ether oxygens (including phenoxy) is 1. The Hall–Kier alpha value is -1.30. The van der Waals surface area contributed by atoms with E-state index in [1.54, 1.807) is 0 Å². The summed E-state index contributed by atoms with van der Waals surface area (Å²) in [6.07, 6.45) is 2.88. The van der Waals surface area contributed by atoms with Crippen LogP contribution in [0.5, 0.6) is 0 Å². The van der Waals surface area contributed by atoms with Crippen molar-refractivity contribution in [1.29, 1.82) is 0 Å². The van der Waals surface area contributed by atoms with Gasteiger partial charge >= 0.3 is 0 Å². The van der Waals surface area contributed by atoms with E-state index in [-0.39, 0.29) is 12.0 Å². The van der Waals surface area contributed by atoms with Gasteiger partial charge in [-0.2, -0.15) is 0 Å². The van der Waals surface area contributed by atoms with Crippen molar-refractivity contribution in [1.82, 2.24) is 15.1 Å². The Labute approximate surface area is 132 Å². The maximum absolute atomic E-state index is 12.4. The number of rotatable bonds is 2. The predicted molar refractivity (Wildman–Crippen MR) is 85.8 cm³/mol. The second kappa shape index (κ2) is 6.07. The number of guanidine groups is 1. The van der Waals surface area contributed by atoms with Crippen LogP contribution in [0.15, 0.2) is 4.99 Å². The summed E-state index contributed by atoms with van der Waals surface area (Å²) in [5, 5.41) is 3.55. The lowest BCUT2D eigenvalue weighted by atomic mass is 10.2. The highest BCUT2D eigenvalue weighted by Crippen LogP contribution is 2.44. The van der Waals surface area contributed by atoms with Crippen molar-refractivity contribution in [2.75, 3.05) is 39.8 Å². The summed E-state index contributed by atoms with van der Waals surface area (Å²) in [6, 6.07) is 0.526. The molecule has 124 valence electrons. The summed E-state index contributed by atoms with van der Waals surface area (Å²) < 4.78 is 5.51. The molecule has 6 nitrogen and oxygen atoms in total. The number of hydrogen-bond donors (Lipinski definition) is 1. The molecule has 2 heterocycles. The van der Waals surface area contributed by atoms with Crippen molar-refractivity contribution < 1.29 is 9.53 Å². The molecule has 1 aliphatic carbocycles. The first-order valence-corrected chi connectivity index (χ1v) is 8.40. The van der Waals surface area contributed by atoms with Gasteiger partial charge in [0.2, 0.25) is 0 Å². The summed E-state index contributed by atoms with van der Waals surface area (Å²) in [6.45, 7) is 8.47. The van der Waals surface area contributed by atoms with Crippen molar-refractivity contribution >= 4 is 11.9 Å². The van der Waals surface area contributed by atoms with E-state index in [9.17, 15) is 4.79 Å².